The van der Waals surface area contributed by atoms with E-state index in [9.17, 15) is 4.79 Å². The summed E-state index contributed by atoms with van der Waals surface area (Å²) in [5.74, 6) is 0.843. The predicted molar refractivity (Wildman–Crippen MR) is 51.2 cm³/mol. The first-order valence-electron chi connectivity index (χ1n) is 4.96. The highest BCUT2D eigenvalue weighted by atomic mass is 16.3. The van der Waals surface area contributed by atoms with Gasteiger partial charge in [0.2, 0.25) is 5.91 Å². The number of hydrogen-bond acceptors (Lipinski definition) is 2. The molecular formula is C10H19NO2. The maximum atomic E-state index is 11.5. The van der Waals surface area contributed by atoms with Crippen LogP contribution >= 0.6 is 0 Å². The summed E-state index contributed by atoms with van der Waals surface area (Å²) in [6.07, 6.45) is 0.521. The minimum atomic E-state index is 0.132. The van der Waals surface area contributed by atoms with Gasteiger partial charge in [-0.2, -0.15) is 0 Å². The summed E-state index contributed by atoms with van der Waals surface area (Å²) in [4.78, 5) is 13.4. The van der Waals surface area contributed by atoms with Gasteiger partial charge in [0.1, 0.15) is 0 Å². The van der Waals surface area contributed by atoms with Crippen LogP contribution in [0.1, 0.15) is 27.2 Å². The van der Waals surface area contributed by atoms with Crippen LogP contribution in [0, 0.1) is 11.8 Å². The summed E-state index contributed by atoms with van der Waals surface area (Å²) in [5, 5.41) is 8.94. The zero-order chi connectivity index (χ0) is 10.0. The van der Waals surface area contributed by atoms with Crippen LogP contribution in [0.25, 0.3) is 0 Å². The van der Waals surface area contributed by atoms with Crippen molar-refractivity contribution in [3.8, 4) is 0 Å². The topological polar surface area (TPSA) is 40.5 Å². The fourth-order valence-electron chi connectivity index (χ4n) is 1.68. The second kappa shape index (κ2) is 4.09. The van der Waals surface area contributed by atoms with Crippen LogP contribution in [0.3, 0.4) is 0 Å². The van der Waals surface area contributed by atoms with Crippen molar-refractivity contribution in [2.24, 2.45) is 11.8 Å². The van der Waals surface area contributed by atoms with E-state index in [1.54, 1.807) is 0 Å². The van der Waals surface area contributed by atoms with Crippen LogP contribution in [0.15, 0.2) is 0 Å². The van der Waals surface area contributed by atoms with E-state index in [0.717, 1.165) is 6.54 Å². The van der Waals surface area contributed by atoms with Gasteiger partial charge in [0.15, 0.2) is 0 Å². The molecule has 1 aliphatic heterocycles. The van der Waals surface area contributed by atoms with Crippen LogP contribution in [0.5, 0.6) is 0 Å². The Labute approximate surface area is 79.7 Å². The summed E-state index contributed by atoms with van der Waals surface area (Å²) >= 11 is 0. The Balaban J connectivity index is 2.57. The highest BCUT2D eigenvalue weighted by Crippen LogP contribution is 2.22. The van der Waals surface area contributed by atoms with E-state index in [-0.39, 0.29) is 18.4 Å². The normalized spacial score (nSPS) is 25.8. The SMILES string of the molecule is CC(C)C(C)N1CC(CO)CC1=O. The Bertz CT molecular complexity index is 191. The highest BCUT2D eigenvalue weighted by Gasteiger charge is 2.32. The van der Waals surface area contributed by atoms with E-state index < -0.39 is 0 Å². The molecule has 3 heteroatoms. The van der Waals surface area contributed by atoms with Crippen molar-refractivity contribution in [3.05, 3.63) is 0 Å². The Morgan fingerprint density at radius 2 is 2.15 bits per heavy atom. The monoisotopic (exact) mass is 185 g/mol. The lowest BCUT2D eigenvalue weighted by Crippen LogP contribution is -2.38. The zero-order valence-corrected chi connectivity index (χ0v) is 8.66. The first-order chi connectivity index (χ1) is 6.06. The standard InChI is InChI=1S/C10H19NO2/c1-7(2)8(3)11-5-9(6-12)4-10(11)13/h7-9,12H,4-6H2,1-3H3. The van der Waals surface area contributed by atoms with Crippen LogP contribution in [0.4, 0.5) is 0 Å². The zero-order valence-electron chi connectivity index (χ0n) is 8.66. The molecule has 0 aromatic heterocycles. The molecule has 13 heavy (non-hydrogen) atoms. The van der Waals surface area contributed by atoms with E-state index in [0.29, 0.717) is 18.4 Å². The first kappa shape index (κ1) is 10.5. The quantitative estimate of drug-likeness (QED) is 0.709. The fraction of sp³-hybridized carbons (Fsp3) is 0.900. The molecule has 0 aromatic carbocycles. The maximum Gasteiger partial charge on any atom is 0.223 e. The number of amides is 1. The molecule has 76 valence electrons. The number of carbonyl (C=O) groups is 1. The molecule has 1 N–H and O–H groups in total. The van der Waals surface area contributed by atoms with Crippen molar-refractivity contribution >= 4 is 5.91 Å². The highest BCUT2D eigenvalue weighted by molar-refractivity contribution is 5.79. The molecule has 1 fully saturated rings. The Hall–Kier alpha value is -0.570. The molecule has 1 heterocycles. The third kappa shape index (κ3) is 2.21. The van der Waals surface area contributed by atoms with E-state index in [1.165, 1.54) is 0 Å². The third-order valence-electron chi connectivity index (χ3n) is 2.95. The number of rotatable bonds is 3. The molecule has 1 aliphatic rings. The minimum Gasteiger partial charge on any atom is -0.396 e. The van der Waals surface area contributed by atoms with E-state index in [2.05, 4.69) is 20.8 Å². The van der Waals surface area contributed by atoms with Gasteiger partial charge in [-0.05, 0) is 12.8 Å². The Morgan fingerprint density at radius 1 is 1.54 bits per heavy atom. The second-order valence-corrected chi connectivity index (χ2v) is 4.28. The lowest BCUT2D eigenvalue weighted by atomic mass is 10.1. The van der Waals surface area contributed by atoms with Crippen LogP contribution in [-0.4, -0.2) is 35.1 Å². The van der Waals surface area contributed by atoms with Gasteiger partial charge in [0.05, 0.1) is 0 Å². The molecular weight excluding hydrogens is 166 g/mol. The van der Waals surface area contributed by atoms with Gasteiger partial charge >= 0.3 is 0 Å². The smallest absolute Gasteiger partial charge is 0.223 e. The third-order valence-corrected chi connectivity index (χ3v) is 2.95. The molecule has 3 nitrogen and oxygen atoms in total. The van der Waals surface area contributed by atoms with Gasteiger partial charge in [0, 0.05) is 31.5 Å². The number of aliphatic hydroxyl groups is 1. The summed E-state index contributed by atoms with van der Waals surface area (Å²) in [5.41, 5.74) is 0. The van der Waals surface area contributed by atoms with E-state index in [4.69, 9.17) is 5.11 Å². The Kier molecular flexibility index (Phi) is 3.31. The molecule has 0 aromatic rings. The van der Waals surface area contributed by atoms with E-state index >= 15 is 0 Å². The number of nitrogens with zero attached hydrogens (tertiary/aromatic N) is 1. The van der Waals surface area contributed by atoms with Gasteiger partial charge in [-0.25, -0.2) is 0 Å². The van der Waals surface area contributed by atoms with Crippen molar-refractivity contribution in [1.29, 1.82) is 0 Å². The molecule has 1 rings (SSSR count). The fourth-order valence-corrected chi connectivity index (χ4v) is 1.68. The maximum absolute atomic E-state index is 11.5. The van der Waals surface area contributed by atoms with Gasteiger partial charge in [-0.15, -0.1) is 0 Å². The Morgan fingerprint density at radius 3 is 2.54 bits per heavy atom. The molecule has 0 aliphatic carbocycles. The van der Waals surface area contributed by atoms with Crippen LogP contribution in [-0.2, 0) is 4.79 Å². The molecule has 0 bridgehead atoms. The number of likely N-dealkylation sites (tertiary alicyclic amines) is 1. The second-order valence-electron chi connectivity index (χ2n) is 4.28. The summed E-state index contributed by atoms with van der Waals surface area (Å²) in [6.45, 7) is 7.17. The average molecular weight is 185 g/mol. The average Bonchev–Trinajstić information content (AvgIpc) is 2.45. The molecule has 0 radical (unpaired) electrons. The van der Waals surface area contributed by atoms with Crippen molar-refractivity contribution < 1.29 is 9.90 Å². The van der Waals surface area contributed by atoms with E-state index in [1.807, 2.05) is 4.90 Å². The van der Waals surface area contributed by atoms with Crippen molar-refractivity contribution in [2.75, 3.05) is 13.2 Å². The predicted octanol–water partition coefficient (Wildman–Crippen LogP) is 0.872. The lowest BCUT2D eigenvalue weighted by molar-refractivity contribution is -0.130. The van der Waals surface area contributed by atoms with Crippen molar-refractivity contribution in [2.45, 2.75) is 33.2 Å². The van der Waals surface area contributed by atoms with Gasteiger partial charge in [-0.1, -0.05) is 13.8 Å². The number of aliphatic hydroxyl groups excluding tert-OH is 1. The van der Waals surface area contributed by atoms with Gasteiger partial charge in [-0.3, -0.25) is 4.79 Å². The number of carbonyl (C=O) groups excluding carboxylic acids is 1. The summed E-state index contributed by atoms with van der Waals surface area (Å²) in [7, 11) is 0. The van der Waals surface area contributed by atoms with Gasteiger partial charge in [0.25, 0.3) is 0 Å². The lowest BCUT2D eigenvalue weighted by Gasteiger charge is -2.27. The van der Waals surface area contributed by atoms with Gasteiger partial charge < -0.3 is 10.0 Å². The minimum absolute atomic E-state index is 0.132. The molecule has 0 saturated carbocycles. The molecule has 0 spiro atoms. The first-order valence-corrected chi connectivity index (χ1v) is 4.96. The summed E-state index contributed by atoms with van der Waals surface area (Å²) < 4.78 is 0. The molecule has 2 unspecified atom stereocenters. The van der Waals surface area contributed by atoms with Crippen LogP contribution in [0.2, 0.25) is 0 Å². The summed E-state index contributed by atoms with van der Waals surface area (Å²) in [6, 6.07) is 0.295. The molecule has 1 saturated heterocycles. The molecule has 1 amide bonds. The molecule has 2 atom stereocenters. The van der Waals surface area contributed by atoms with Crippen LogP contribution < -0.4 is 0 Å². The van der Waals surface area contributed by atoms with Crippen molar-refractivity contribution in [3.63, 3.8) is 0 Å². The number of hydrogen-bond donors (Lipinski definition) is 1. The van der Waals surface area contributed by atoms with Crippen molar-refractivity contribution in [1.82, 2.24) is 4.90 Å². The largest absolute Gasteiger partial charge is 0.396 e.